The second-order valence-electron chi connectivity index (χ2n) is 4.77. The summed E-state index contributed by atoms with van der Waals surface area (Å²) >= 11 is 1.89. The van der Waals surface area contributed by atoms with Gasteiger partial charge in [0.2, 0.25) is 0 Å². The van der Waals surface area contributed by atoms with Gasteiger partial charge in [0.1, 0.15) is 5.01 Å². The molecule has 0 aromatic carbocycles. The quantitative estimate of drug-likeness (QED) is 0.847. The number of fused-ring (bicyclic) bond motifs is 1. The van der Waals surface area contributed by atoms with E-state index >= 15 is 0 Å². The van der Waals surface area contributed by atoms with Crippen LogP contribution in [0.3, 0.4) is 0 Å². The molecule has 1 unspecified atom stereocenters. The average molecular weight is 239 g/mol. The highest BCUT2D eigenvalue weighted by molar-refractivity contribution is 7.11. The molecule has 3 nitrogen and oxygen atoms in total. The minimum absolute atomic E-state index is 0.576. The van der Waals surface area contributed by atoms with Crippen LogP contribution in [-0.4, -0.2) is 36.6 Å². The van der Waals surface area contributed by atoms with Crippen LogP contribution in [0.1, 0.15) is 28.9 Å². The van der Waals surface area contributed by atoms with Crippen LogP contribution in [-0.2, 0) is 19.4 Å². The molecule has 0 aliphatic heterocycles. The van der Waals surface area contributed by atoms with Gasteiger partial charge >= 0.3 is 0 Å². The molecular formula is C12H21N3S. The van der Waals surface area contributed by atoms with Crippen molar-refractivity contribution < 1.29 is 0 Å². The number of hydrogen-bond donors (Lipinski definition) is 1. The van der Waals surface area contributed by atoms with Crippen LogP contribution in [0.5, 0.6) is 0 Å². The fraction of sp³-hybridized carbons (Fsp3) is 0.750. The van der Waals surface area contributed by atoms with E-state index in [1.807, 2.05) is 11.3 Å². The first-order valence-corrected chi connectivity index (χ1v) is 6.83. The highest BCUT2D eigenvalue weighted by Gasteiger charge is 2.16. The molecule has 0 saturated heterocycles. The van der Waals surface area contributed by atoms with Gasteiger partial charge in [-0.25, -0.2) is 4.98 Å². The van der Waals surface area contributed by atoms with Gasteiger partial charge in [0.15, 0.2) is 0 Å². The fourth-order valence-electron chi connectivity index (χ4n) is 1.89. The zero-order chi connectivity index (χ0) is 11.5. The molecule has 90 valence electrons. The van der Waals surface area contributed by atoms with Crippen molar-refractivity contribution in [1.82, 2.24) is 15.2 Å². The van der Waals surface area contributed by atoms with Crippen LogP contribution in [0.15, 0.2) is 0 Å². The summed E-state index contributed by atoms with van der Waals surface area (Å²) < 4.78 is 0. The molecule has 1 aromatic heterocycles. The number of aromatic nitrogens is 1. The van der Waals surface area contributed by atoms with Crippen LogP contribution in [0, 0.1) is 0 Å². The van der Waals surface area contributed by atoms with Gasteiger partial charge in [0, 0.05) is 24.0 Å². The maximum absolute atomic E-state index is 4.67. The van der Waals surface area contributed by atoms with E-state index < -0.39 is 0 Å². The molecule has 0 bridgehead atoms. The van der Waals surface area contributed by atoms with Gasteiger partial charge in [0.05, 0.1) is 5.69 Å². The number of hydrogen-bond acceptors (Lipinski definition) is 4. The first kappa shape index (κ1) is 12.0. The topological polar surface area (TPSA) is 28.2 Å². The Kier molecular flexibility index (Phi) is 3.95. The zero-order valence-corrected chi connectivity index (χ0v) is 11.2. The first-order valence-electron chi connectivity index (χ1n) is 6.01. The summed E-state index contributed by atoms with van der Waals surface area (Å²) in [6.07, 6.45) is 3.75. The zero-order valence-electron chi connectivity index (χ0n) is 10.4. The third-order valence-electron chi connectivity index (χ3n) is 3.24. The van der Waals surface area contributed by atoms with E-state index in [0.717, 1.165) is 13.1 Å². The molecule has 1 N–H and O–H groups in total. The Hall–Kier alpha value is -0.450. The van der Waals surface area contributed by atoms with Crippen molar-refractivity contribution in [2.24, 2.45) is 0 Å². The minimum Gasteiger partial charge on any atom is -0.309 e. The van der Waals surface area contributed by atoms with Crippen molar-refractivity contribution in [1.29, 1.82) is 0 Å². The van der Waals surface area contributed by atoms with Crippen molar-refractivity contribution in [2.45, 2.75) is 38.8 Å². The van der Waals surface area contributed by atoms with Crippen LogP contribution >= 0.6 is 11.3 Å². The van der Waals surface area contributed by atoms with Crippen molar-refractivity contribution in [2.75, 3.05) is 20.6 Å². The Morgan fingerprint density at radius 3 is 2.94 bits per heavy atom. The van der Waals surface area contributed by atoms with E-state index in [1.54, 1.807) is 0 Å². The van der Waals surface area contributed by atoms with E-state index in [2.05, 4.69) is 36.2 Å². The van der Waals surface area contributed by atoms with Crippen molar-refractivity contribution in [3.8, 4) is 0 Å². The van der Waals surface area contributed by atoms with E-state index in [4.69, 9.17) is 0 Å². The number of thiazole rings is 1. The lowest BCUT2D eigenvalue weighted by atomic mass is 10.3. The van der Waals surface area contributed by atoms with E-state index in [0.29, 0.717) is 6.04 Å². The van der Waals surface area contributed by atoms with Crippen LogP contribution < -0.4 is 5.32 Å². The number of nitrogens with one attached hydrogen (secondary N) is 1. The molecule has 1 atom stereocenters. The van der Waals surface area contributed by atoms with Gasteiger partial charge in [-0.15, -0.1) is 11.3 Å². The Morgan fingerprint density at radius 1 is 1.44 bits per heavy atom. The molecule has 0 amide bonds. The summed E-state index contributed by atoms with van der Waals surface area (Å²) in [4.78, 5) is 8.43. The third-order valence-corrected chi connectivity index (χ3v) is 4.39. The maximum atomic E-state index is 4.67. The number of aryl methyl sites for hydroxylation is 2. The summed E-state index contributed by atoms with van der Waals surface area (Å²) in [5.41, 5.74) is 1.36. The van der Waals surface area contributed by atoms with Crippen molar-refractivity contribution in [3.05, 3.63) is 15.6 Å². The van der Waals surface area contributed by atoms with E-state index in [9.17, 15) is 0 Å². The molecule has 0 radical (unpaired) electrons. The van der Waals surface area contributed by atoms with Crippen molar-refractivity contribution >= 4 is 11.3 Å². The molecule has 1 heterocycles. The van der Waals surface area contributed by atoms with Gasteiger partial charge < -0.3 is 10.2 Å². The molecule has 1 aliphatic rings. The monoisotopic (exact) mass is 239 g/mol. The molecule has 16 heavy (non-hydrogen) atoms. The summed E-state index contributed by atoms with van der Waals surface area (Å²) in [5.74, 6) is 0. The predicted octanol–water partition coefficient (Wildman–Crippen LogP) is 1.67. The Labute approximate surface area is 102 Å². The Balaban J connectivity index is 1.77. The second-order valence-corrected chi connectivity index (χ2v) is 5.94. The minimum atomic E-state index is 0.576. The number of likely N-dealkylation sites (N-methyl/N-ethyl adjacent to an activating group) is 1. The average Bonchev–Trinajstić information content (AvgIpc) is 2.77. The highest BCUT2D eigenvalue weighted by Crippen LogP contribution is 2.27. The molecule has 1 aliphatic carbocycles. The fourth-order valence-corrected chi connectivity index (χ4v) is 3.02. The van der Waals surface area contributed by atoms with Gasteiger partial charge in [-0.2, -0.15) is 0 Å². The molecule has 0 fully saturated rings. The third kappa shape index (κ3) is 2.81. The van der Waals surface area contributed by atoms with Gasteiger partial charge in [0.25, 0.3) is 0 Å². The van der Waals surface area contributed by atoms with Crippen LogP contribution in [0.2, 0.25) is 0 Å². The Bertz CT molecular complexity index is 325. The lowest BCUT2D eigenvalue weighted by Gasteiger charge is -2.19. The molecule has 2 rings (SSSR count). The van der Waals surface area contributed by atoms with E-state index in [1.165, 1.54) is 34.8 Å². The molecule has 0 saturated carbocycles. The van der Waals surface area contributed by atoms with Gasteiger partial charge in [-0.1, -0.05) is 0 Å². The van der Waals surface area contributed by atoms with Crippen molar-refractivity contribution in [3.63, 3.8) is 0 Å². The van der Waals surface area contributed by atoms with Gasteiger partial charge in [-0.05, 0) is 40.3 Å². The first-order chi connectivity index (χ1) is 7.66. The number of rotatable bonds is 5. The predicted molar refractivity (Wildman–Crippen MR) is 69.0 cm³/mol. The lowest BCUT2D eigenvalue weighted by Crippen LogP contribution is -2.35. The summed E-state index contributed by atoms with van der Waals surface area (Å²) in [7, 11) is 4.23. The summed E-state index contributed by atoms with van der Waals surface area (Å²) in [6, 6.07) is 0.576. The second kappa shape index (κ2) is 5.25. The number of nitrogens with zero attached hydrogens (tertiary/aromatic N) is 2. The lowest BCUT2D eigenvalue weighted by molar-refractivity contribution is 0.302. The largest absolute Gasteiger partial charge is 0.309 e. The van der Waals surface area contributed by atoms with E-state index in [-0.39, 0.29) is 0 Å². The van der Waals surface area contributed by atoms with Crippen LogP contribution in [0.25, 0.3) is 0 Å². The normalized spacial score (nSPS) is 16.8. The summed E-state index contributed by atoms with van der Waals surface area (Å²) in [6.45, 7) is 4.18. The highest BCUT2D eigenvalue weighted by atomic mass is 32.1. The van der Waals surface area contributed by atoms with Crippen LogP contribution in [0.4, 0.5) is 0 Å². The molecule has 1 aromatic rings. The summed E-state index contributed by atoms with van der Waals surface area (Å²) in [5, 5.41) is 4.74. The smallest absolute Gasteiger partial charge is 0.107 e. The standard InChI is InChI=1S/C12H21N3S/c1-9(15(2)3)7-13-8-12-14-10-5-4-6-11(10)16-12/h9,13H,4-8H2,1-3H3. The molecule has 4 heteroatoms. The Morgan fingerprint density at radius 2 is 2.25 bits per heavy atom. The molecular weight excluding hydrogens is 218 g/mol. The SMILES string of the molecule is CC(CNCc1nc2c(s1)CCC2)N(C)C. The maximum Gasteiger partial charge on any atom is 0.107 e. The molecule has 0 spiro atoms. The van der Waals surface area contributed by atoms with Gasteiger partial charge in [-0.3, -0.25) is 0 Å².